The molecule has 1 heterocycles. The van der Waals surface area contributed by atoms with Crippen molar-refractivity contribution in [1.29, 1.82) is 0 Å². The number of carbonyl (C=O) groups is 1. The maximum atomic E-state index is 11.7. The maximum absolute atomic E-state index is 11.7. The van der Waals surface area contributed by atoms with E-state index in [0.717, 1.165) is 6.07 Å². The Kier molecular flexibility index (Phi) is 4.38. The van der Waals surface area contributed by atoms with Gasteiger partial charge in [0.1, 0.15) is 0 Å². The molecule has 2 rings (SSSR count). The van der Waals surface area contributed by atoms with E-state index < -0.39 is 11.5 Å². The molecule has 20 heavy (non-hydrogen) atoms. The van der Waals surface area contributed by atoms with E-state index in [9.17, 15) is 9.59 Å². The normalized spacial score (nSPS) is 10.4. The van der Waals surface area contributed by atoms with E-state index in [1.807, 2.05) is 0 Å². The van der Waals surface area contributed by atoms with Gasteiger partial charge in [0, 0.05) is 17.8 Å². The van der Waals surface area contributed by atoms with Crippen LogP contribution in [-0.2, 0) is 4.74 Å². The van der Waals surface area contributed by atoms with Gasteiger partial charge in [0.05, 0.1) is 27.7 Å². The van der Waals surface area contributed by atoms with Gasteiger partial charge in [-0.1, -0.05) is 34.8 Å². The summed E-state index contributed by atoms with van der Waals surface area (Å²) in [6.45, 7) is 0. The topological polar surface area (TPSA) is 59.2 Å². The fourth-order valence-electron chi connectivity index (χ4n) is 1.70. The van der Waals surface area contributed by atoms with Crippen molar-refractivity contribution in [1.82, 2.24) is 4.98 Å². The van der Waals surface area contributed by atoms with Crippen LogP contribution in [0.25, 0.3) is 11.1 Å². The fourth-order valence-corrected chi connectivity index (χ4v) is 2.30. The molecule has 0 saturated carbocycles. The predicted molar refractivity (Wildman–Crippen MR) is 78.9 cm³/mol. The molecule has 104 valence electrons. The van der Waals surface area contributed by atoms with Gasteiger partial charge in [0.2, 0.25) is 5.56 Å². The number of H-pyrrole nitrogens is 1. The van der Waals surface area contributed by atoms with Gasteiger partial charge in [-0.2, -0.15) is 0 Å². The zero-order valence-electron chi connectivity index (χ0n) is 10.2. The lowest BCUT2D eigenvalue weighted by Crippen LogP contribution is -2.12. The molecule has 0 fully saturated rings. The van der Waals surface area contributed by atoms with Crippen molar-refractivity contribution >= 4 is 40.8 Å². The molecule has 2 aromatic rings. The molecule has 0 aliphatic carbocycles. The highest BCUT2D eigenvalue weighted by Gasteiger charge is 2.16. The molecule has 0 saturated heterocycles. The fraction of sp³-hybridized carbons (Fsp3) is 0.0769. The van der Waals surface area contributed by atoms with Crippen LogP contribution in [0.4, 0.5) is 0 Å². The molecule has 1 aromatic heterocycles. The summed E-state index contributed by atoms with van der Waals surface area (Å²) in [6, 6.07) is 4.25. The van der Waals surface area contributed by atoms with E-state index >= 15 is 0 Å². The van der Waals surface area contributed by atoms with Crippen molar-refractivity contribution in [3.8, 4) is 11.1 Å². The minimum Gasteiger partial charge on any atom is -0.465 e. The summed E-state index contributed by atoms with van der Waals surface area (Å²) < 4.78 is 4.65. The van der Waals surface area contributed by atoms with Crippen LogP contribution in [0.2, 0.25) is 15.1 Å². The summed E-state index contributed by atoms with van der Waals surface area (Å²) in [5.74, 6) is -0.631. The lowest BCUT2D eigenvalue weighted by molar-refractivity contribution is 0.0601. The van der Waals surface area contributed by atoms with Gasteiger partial charge >= 0.3 is 5.97 Å². The minimum atomic E-state index is -0.631. The van der Waals surface area contributed by atoms with E-state index in [4.69, 9.17) is 34.8 Å². The second-order valence-corrected chi connectivity index (χ2v) is 5.06. The van der Waals surface area contributed by atoms with Crippen molar-refractivity contribution in [2.45, 2.75) is 0 Å². The molecule has 7 heteroatoms. The summed E-state index contributed by atoms with van der Waals surface area (Å²) in [5.41, 5.74) is 0.684. The summed E-state index contributed by atoms with van der Waals surface area (Å²) in [4.78, 5) is 25.6. The largest absolute Gasteiger partial charge is 0.465 e. The molecular formula is C13H8Cl3NO3. The van der Waals surface area contributed by atoms with Gasteiger partial charge in [-0.15, -0.1) is 0 Å². The van der Waals surface area contributed by atoms with Crippen LogP contribution in [0.1, 0.15) is 10.4 Å². The lowest BCUT2D eigenvalue weighted by atomic mass is 10.0. The number of halogens is 3. The highest BCUT2D eigenvalue weighted by Crippen LogP contribution is 2.35. The van der Waals surface area contributed by atoms with Gasteiger partial charge in [0.15, 0.2) is 0 Å². The first-order valence-electron chi connectivity index (χ1n) is 5.40. The van der Waals surface area contributed by atoms with Crippen LogP contribution >= 0.6 is 34.8 Å². The number of pyridine rings is 1. The second-order valence-electron chi connectivity index (χ2n) is 3.87. The lowest BCUT2D eigenvalue weighted by Gasteiger charge is -2.09. The standard InChI is InChI=1S/C13H8Cl3NO3/c1-20-13(19)7-4-11(18)17-5-8(7)6-2-9(14)12(16)10(15)3-6/h2-5H,1H3,(H,17,18). The van der Waals surface area contributed by atoms with Crippen LogP contribution < -0.4 is 5.56 Å². The van der Waals surface area contributed by atoms with E-state index in [2.05, 4.69) is 9.72 Å². The van der Waals surface area contributed by atoms with E-state index in [1.54, 1.807) is 12.1 Å². The number of aromatic nitrogens is 1. The van der Waals surface area contributed by atoms with Gasteiger partial charge < -0.3 is 9.72 Å². The van der Waals surface area contributed by atoms with Gasteiger partial charge in [-0.25, -0.2) is 4.79 Å². The first-order valence-corrected chi connectivity index (χ1v) is 6.53. The van der Waals surface area contributed by atoms with Crippen molar-refractivity contribution in [2.24, 2.45) is 0 Å². The molecule has 0 aliphatic heterocycles. The molecule has 0 radical (unpaired) electrons. The third kappa shape index (κ3) is 2.82. The molecule has 0 unspecified atom stereocenters. The average molecular weight is 333 g/mol. The summed E-state index contributed by atoms with van der Waals surface area (Å²) in [6.07, 6.45) is 1.39. The molecule has 0 bridgehead atoms. The monoisotopic (exact) mass is 331 g/mol. The van der Waals surface area contributed by atoms with Crippen LogP contribution in [0, 0.1) is 0 Å². The number of aromatic amines is 1. The van der Waals surface area contributed by atoms with Crippen LogP contribution in [-0.4, -0.2) is 18.1 Å². The first-order chi connectivity index (χ1) is 9.43. The number of esters is 1. The van der Waals surface area contributed by atoms with E-state index in [-0.39, 0.29) is 20.6 Å². The predicted octanol–water partition coefficient (Wildman–Crippen LogP) is 3.79. The Hall–Kier alpha value is -1.49. The van der Waals surface area contributed by atoms with Crippen LogP contribution in [0.5, 0.6) is 0 Å². The van der Waals surface area contributed by atoms with Crippen molar-refractivity contribution in [2.75, 3.05) is 7.11 Å². The van der Waals surface area contributed by atoms with Crippen molar-refractivity contribution < 1.29 is 9.53 Å². The Labute approximate surface area is 129 Å². The number of benzene rings is 1. The van der Waals surface area contributed by atoms with Gasteiger partial charge in [0.25, 0.3) is 0 Å². The Balaban J connectivity index is 2.70. The SMILES string of the molecule is COC(=O)c1cc(=O)[nH]cc1-c1cc(Cl)c(Cl)c(Cl)c1. The van der Waals surface area contributed by atoms with Gasteiger partial charge in [-0.3, -0.25) is 4.79 Å². The highest BCUT2D eigenvalue weighted by molar-refractivity contribution is 6.48. The molecule has 0 aliphatic rings. The second kappa shape index (κ2) is 5.87. The number of carbonyl (C=O) groups excluding carboxylic acids is 1. The number of hydrogen-bond donors (Lipinski definition) is 1. The average Bonchev–Trinajstić information content (AvgIpc) is 2.43. The molecule has 0 spiro atoms. The third-order valence-electron chi connectivity index (χ3n) is 2.62. The van der Waals surface area contributed by atoms with Crippen LogP contribution in [0.15, 0.2) is 29.2 Å². The summed E-state index contributed by atoms with van der Waals surface area (Å²) in [5, 5.41) is 0.716. The first kappa shape index (κ1) is 14.9. The number of methoxy groups -OCH3 is 1. The Morgan fingerprint density at radius 1 is 1.15 bits per heavy atom. The number of nitrogens with one attached hydrogen (secondary N) is 1. The smallest absolute Gasteiger partial charge is 0.338 e. The van der Waals surface area contributed by atoms with Crippen molar-refractivity contribution in [3.63, 3.8) is 0 Å². The summed E-state index contributed by atoms with van der Waals surface area (Å²) in [7, 11) is 1.23. The highest BCUT2D eigenvalue weighted by atomic mass is 35.5. The quantitative estimate of drug-likeness (QED) is 0.672. The van der Waals surface area contributed by atoms with Crippen molar-refractivity contribution in [3.05, 3.63) is 55.4 Å². The molecule has 4 nitrogen and oxygen atoms in total. The molecule has 1 aromatic carbocycles. The molecule has 0 atom stereocenters. The Bertz CT molecular complexity index is 717. The molecule has 0 amide bonds. The van der Waals surface area contributed by atoms with Crippen LogP contribution in [0.3, 0.4) is 0 Å². The van der Waals surface area contributed by atoms with E-state index in [0.29, 0.717) is 11.1 Å². The Morgan fingerprint density at radius 2 is 1.75 bits per heavy atom. The minimum absolute atomic E-state index is 0.116. The van der Waals surface area contributed by atoms with Gasteiger partial charge in [-0.05, 0) is 17.7 Å². The van der Waals surface area contributed by atoms with E-state index in [1.165, 1.54) is 13.3 Å². The maximum Gasteiger partial charge on any atom is 0.338 e. The molecule has 1 N–H and O–H groups in total. The molecular weight excluding hydrogens is 325 g/mol. The third-order valence-corrected chi connectivity index (χ3v) is 3.82. The zero-order chi connectivity index (χ0) is 14.9. The summed E-state index contributed by atoms with van der Waals surface area (Å²) >= 11 is 17.8. The number of hydrogen-bond acceptors (Lipinski definition) is 3. The zero-order valence-corrected chi connectivity index (χ0v) is 12.4. The number of ether oxygens (including phenoxy) is 1. The number of rotatable bonds is 2. The Morgan fingerprint density at radius 3 is 2.30 bits per heavy atom.